The molecule has 1 aliphatic heterocycles. The van der Waals surface area contributed by atoms with E-state index in [0.29, 0.717) is 19.5 Å². The highest BCUT2D eigenvalue weighted by Gasteiger charge is 2.25. The van der Waals surface area contributed by atoms with Gasteiger partial charge in [0, 0.05) is 25.2 Å². The fraction of sp³-hybridized carbons (Fsp3) is 0.385. The predicted molar refractivity (Wildman–Crippen MR) is 68.0 cm³/mol. The van der Waals surface area contributed by atoms with Crippen LogP contribution in [0.3, 0.4) is 0 Å². The van der Waals surface area contributed by atoms with Crippen molar-refractivity contribution in [2.75, 3.05) is 25.0 Å². The molecule has 0 bridgehead atoms. The summed E-state index contributed by atoms with van der Waals surface area (Å²) < 4.78 is 0. The molecule has 0 radical (unpaired) electrons. The van der Waals surface area contributed by atoms with Gasteiger partial charge in [0.1, 0.15) is 0 Å². The average molecular weight is 248 g/mol. The smallest absolute Gasteiger partial charge is 0.335 e. The molecule has 0 aliphatic carbocycles. The average Bonchev–Trinajstić information content (AvgIpc) is 2.78. The second-order valence-electron chi connectivity index (χ2n) is 4.30. The fourth-order valence-corrected chi connectivity index (χ4v) is 2.14. The first-order valence-corrected chi connectivity index (χ1v) is 5.94. The van der Waals surface area contributed by atoms with Gasteiger partial charge in [-0.05, 0) is 31.2 Å². The molecule has 1 aromatic rings. The van der Waals surface area contributed by atoms with Gasteiger partial charge < -0.3 is 15.3 Å². The number of nitrogens with zero attached hydrogens (tertiary/aromatic N) is 1. The third-order valence-electron chi connectivity index (χ3n) is 3.12. The molecular formula is C13H16N2O3. The maximum absolute atomic E-state index is 12.0. The molecule has 1 amide bonds. The van der Waals surface area contributed by atoms with Crippen molar-refractivity contribution >= 4 is 17.6 Å². The van der Waals surface area contributed by atoms with Gasteiger partial charge >= 0.3 is 5.97 Å². The van der Waals surface area contributed by atoms with Crippen LogP contribution in [0.1, 0.15) is 22.3 Å². The van der Waals surface area contributed by atoms with E-state index < -0.39 is 5.97 Å². The number of rotatable bonds is 4. The molecule has 18 heavy (non-hydrogen) atoms. The SMILES string of the molecule is CNCCC(=O)N1CCc2ccc(C(=O)O)cc21. The number of hydrogen-bond acceptors (Lipinski definition) is 3. The number of aromatic carboxylic acids is 1. The van der Waals surface area contributed by atoms with Crippen molar-refractivity contribution in [1.29, 1.82) is 0 Å². The molecule has 0 unspecified atom stereocenters. The quantitative estimate of drug-likeness (QED) is 0.830. The minimum absolute atomic E-state index is 0.0330. The van der Waals surface area contributed by atoms with E-state index in [1.807, 2.05) is 0 Å². The molecule has 2 rings (SSSR count). The summed E-state index contributed by atoms with van der Waals surface area (Å²) in [6.07, 6.45) is 1.22. The van der Waals surface area contributed by atoms with Crippen LogP contribution in [-0.4, -0.2) is 37.1 Å². The van der Waals surface area contributed by atoms with E-state index in [2.05, 4.69) is 5.32 Å². The molecule has 0 saturated carbocycles. The number of carboxylic acid groups (broad SMARTS) is 1. The summed E-state index contributed by atoms with van der Waals surface area (Å²) in [5.41, 5.74) is 2.01. The van der Waals surface area contributed by atoms with E-state index in [1.54, 1.807) is 30.1 Å². The van der Waals surface area contributed by atoms with Gasteiger partial charge in [0.2, 0.25) is 5.91 Å². The van der Waals surface area contributed by atoms with E-state index in [9.17, 15) is 9.59 Å². The zero-order valence-electron chi connectivity index (χ0n) is 10.3. The van der Waals surface area contributed by atoms with E-state index in [0.717, 1.165) is 17.7 Å². The van der Waals surface area contributed by atoms with E-state index in [-0.39, 0.29) is 11.5 Å². The highest BCUT2D eigenvalue weighted by molar-refractivity contribution is 5.97. The summed E-state index contributed by atoms with van der Waals surface area (Å²) in [5, 5.41) is 11.9. The van der Waals surface area contributed by atoms with Crippen molar-refractivity contribution in [2.45, 2.75) is 12.8 Å². The van der Waals surface area contributed by atoms with Crippen molar-refractivity contribution in [1.82, 2.24) is 5.32 Å². The van der Waals surface area contributed by atoms with Crippen LogP contribution in [0.5, 0.6) is 0 Å². The minimum Gasteiger partial charge on any atom is -0.478 e. The first-order chi connectivity index (χ1) is 8.63. The number of hydrogen-bond donors (Lipinski definition) is 2. The van der Waals surface area contributed by atoms with Crippen LogP contribution >= 0.6 is 0 Å². The lowest BCUT2D eigenvalue weighted by molar-refractivity contribution is -0.118. The van der Waals surface area contributed by atoms with Crippen LogP contribution in [0, 0.1) is 0 Å². The first kappa shape index (κ1) is 12.6. The van der Waals surface area contributed by atoms with Crippen molar-refractivity contribution in [3.05, 3.63) is 29.3 Å². The molecular weight excluding hydrogens is 232 g/mol. The van der Waals surface area contributed by atoms with Gasteiger partial charge in [0.15, 0.2) is 0 Å². The summed E-state index contributed by atoms with van der Waals surface area (Å²) in [5.74, 6) is -0.932. The Labute approximate surface area is 105 Å². The van der Waals surface area contributed by atoms with Crippen molar-refractivity contribution < 1.29 is 14.7 Å². The highest BCUT2D eigenvalue weighted by atomic mass is 16.4. The number of carboxylic acids is 1. The van der Waals surface area contributed by atoms with Gasteiger partial charge in [0.25, 0.3) is 0 Å². The van der Waals surface area contributed by atoms with Crippen molar-refractivity contribution in [3.8, 4) is 0 Å². The van der Waals surface area contributed by atoms with E-state index in [1.165, 1.54) is 0 Å². The largest absolute Gasteiger partial charge is 0.478 e. The Morgan fingerprint density at radius 3 is 2.89 bits per heavy atom. The lowest BCUT2D eigenvalue weighted by atomic mass is 10.1. The Morgan fingerprint density at radius 2 is 2.22 bits per heavy atom. The molecule has 2 N–H and O–H groups in total. The molecule has 0 fully saturated rings. The van der Waals surface area contributed by atoms with E-state index >= 15 is 0 Å². The maximum Gasteiger partial charge on any atom is 0.335 e. The summed E-state index contributed by atoms with van der Waals surface area (Å²) in [7, 11) is 1.80. The maximum atomic E-state index is 12.0. The molecule has 1 heterocycles. The van der Waals surface area contributed by atoms with Crippen LogP contribution in [-0.2, 0) is 11.2 Å². The molecule has 5 heteroatoms. The van der Waals surface area contributed by atoms with Gasteiger partial charge in [-0.25, -0.2) is 4.79 Å². The van der Waals surface area contributed by atoms with Crippen molar-refractivity contribution in [2.24, 2.45) is 0 Å². The third kappa shape index (κ3) is 2.36. The Hall–Kier alpha value is -1.88. The minimum atomic E-state index is -0.965. The second-order valence-corrected chi connectivity index (χ2v) is 4.30. The second kappa shape index (κ2) is 5.18. The van der Waals surface area contributed by atoms with Gasteiger partial charge in [0.05, 0.1) is 5.56 Å². The Bertz CT molecular complexity index is 485. The molecule has 0 aromatic heterocycles. The Kier molecular flexibility index (Phi) is 3.62. The number of benzene rings is 1. The van der Waals surface area contributed by atoms with E-state index in [4.69, 9.17) is 5.11 Å². The zero-order valence-corrected chi connectivity index (χ0v) is 10.3. The number of carbonyl (C=O) groups is 2. The van der Waals surface area contributed by atoms with Gasteiger partial charge in [-0.15, -0.1) is 0 Å². The molecule has 1 aromatic carbocycles. The Morgan fingerprint density at radius 1 is 1.44 bits per heavy atom. The number of nitrogens with one attached hydrogen (secondary N) is 1. The number of anilines is 1. The third-order valence-corrected chi connectivity index (χ3v) is 3.12. The normalized spacial score (nSPS) is 13.5. The van der Waals surface area contributed by atoms with Gasteiger partial charge in [-0.1, -0.05) is 6.07 Å². The fourth-order valence-electron chi connectivity index (χ4n) is 2.14. The van der Waals surface area contributed by atoms with Crippen molar-refractivity contribution in [3.63, 3.8) is 0 Å². The Balaban J connectivity index is 2.23. The highest BCUT2D eigenvalue weighted by Crippen LogP contribution is 2.29. The predicted octanol–water partition coefficient (Wildman–Crippen LogP) is 0.883. The summed E-state index contributed by atoms with van der Waals surface area (Å²) in [6, 6.07) is 4.97. The standard InChI is InChI=1S/C13H16N2O3/c1-14-6-4-12(16)15-7-5-9-2-3-10(13(17)18)8-11(9)15/h2-3,8,14H,4-7H2,1H3,(H,17,18). The van der Waals surface area contributed by atoms with Crippen LogP contribution in [0.25, 0.3) is 0 Å². The zero-order chi connectivity index (χ0) is 13.1. The van der Waals surface area contributed by atoms with Crippen LogP contribution < -0.4 is 10.2 Å². The first-order valence-electron chi connectivity index (χ1n) is 5.94. The molecule has 1 aliphatic rings. The molecule has 96 valence electrons. The topological polar surface area (TPSA) is 69.6 Å². The number of fused-ring (bicyclic) bond motifs is 1. The summed E-state index contributed by atoms with van der Waals surface area (Å²) in [6.45, 7) is 1.27. The van der Waals surface area contributed by atoms with Gasteiger partial charge in [-0.3, -0.25) is 4.79 Å². The number of amides is 1. The van der Waals surface area contributed by atoms with Crippen LogP contribution in [0.4, 0.5) is 5.69 Å². The van der Waals surface area contributed by atoms with Crippen LogP contribution in [0.15, 0.2) is 18.2 Å². The molecule has 0 spiro atoms. The molecule has 0 atom stereocenters. The summed E-state index contributed by atoms with van der Waals surface area (Å²) in [4.78, 5) is 24.6. The number of carbonyl (C=O) groups excluding carboxylic acids is 1. The monoisotopic (exact) mass is 248 g/mol. The molecule has 5 nitrogen and oxygen atoms in total. The lowest BCUT2D eigenvalue weighted by Crippen LogP contribution is -2.31. The van der Waals surface area contributed by atoms with Gasteiger partial charge in [-0.2, -0.15) is 0 Å². The lowest BCUT2D eigenvalue weighted by Gasteiger charge is -2.17. The van der Waals surface area contributed by atoms with Crippen LogP contribution in [0.2, 0.25) is 0 Å². The molecule has 0 saturated heterocycles. The summed E-state index contributed by atoms with van der Waals surface area (Å²) >= 11 is 0.